The summed E-state index contributed by atoms with van der Waals surface area (Å²) in [6.07, 6.45) is 4.19. The molecule has 0 rings (SSSR count). The van der Waals surface area contributed by atoms with Gasteiger partial charge in [0.25, 0.3) is 0 Å². The van der Waals surface area contributed by atoms with E-state index < -0.39 is 17.2 Å². The molecule has 0 radical (unpaired) electrons. The van der Waals surface area contributed by atoms with Gasteiger partial charge in [0.1, 0.15) is 5.25 Å². The van der Waals surface area contributed by atoms with Gasteiger partial charge in [-0.2, -0.15) is 12.6 Å². The predicted molar refractivity (Wildman–Crippen MR) is 64.5 cm³/mol. The average Bonchev–Trinajstić information content (AvgIpc) is 2.27. The lowest BCUT2D eigenvalue weighted by Gasteiger charge is -2.08. The summed E-state index contributed by atoms with van der Waals surface area (Å²) in [4.78, 5) is 22.2. The van der Waals surface area contributed by atoms with E-state index in [-0.39, 0.29) is 6.42 Å². The van der Waals surface area contributed by atoms with Crippen LogP contribution in [0.5, 0.6) is 0 Å². The van der Waals surface area contributed by atoms with Crippen LogP contribution in [-0.2, 0) is 19.1 Å². The third kappa shape index (κ3) is 7.56. The number of hydrogen-bond donors (Lipinski definition) is 1. The fourth-order valence-electron chi connectivity index (χ4n) is 1.15. The van der Waals surface area contributed by atoms with Gasteiger partial charge in [0.05, 0.1) is 20.1 Å². The zero-order valence-electron chi connectivity index (χ0n) is 9.90. The van der Waals surface area contributed by atoms with Gasteiger partial charge >= 0.3 is 11.9 Å². The molecule has 0 bridgehead atoms. The summed E-state index contributed by atoms with van der Waals surface area (Å²) in [5, 5.41) is -0.729. The number of carbonyl (C=O) groups excluding carboxylic acids is 2. The minimum Gasteiger partial charge on any atom is -0.468 e. The van der Waals surface area contributed by atoms with Gasteiger partial charge in [-0.3, -0.25) is 9.59 Å². The quantitative estimate of drug-likeness (QED) is 0.405. The number of carbonyl (C=O) groups is 2. The SMILES string of the molecule is CCCCCCOC(=O)CC(S)C(=O)OC. The fraction of sp³-hybridized carbons (Fsp3) is 0.818. The molecule has 4 nitrogen and oxygen atoms in total. The summed E-state index contributed by atoms with van der Waals surface area (Å²) >= 11 is 3.95. The molecular formula is C11H20O4S. The van der Waals surface area contributed by atoms with Crippen LogP contribution in [0.25, 0.3) is 0 Å². The second kappa shape index (κ2) is 9.51. The van der Waals surface area contributed by atoms with E-state index >= 15 is 0 Å². The van der Waals surface area contributed by atoms with Crippen molar-refractivity contribution in [3.05, 3.63) is 0 Å². The molecule has 16 heavy (non-hydrogen) atoms. The maximum atomic E-state index is 11.2. The summed E-state index contributed by atoms with van der Waals surface area (Å²) < 4.78 is 9.41. The molecule has 0 aromatic carbocycles. The summed E-state index contributed by atoms with van der Waals surface area (Å²) in [6, 6.07) is 0. The largest absolute Gasteiger partial charge is 0.468 e. The Morgan fingerprint density at radius 1 is 1.25 bits per heavy atom. The van der Waals surface area contributed by atoms with Crippen molar-refractivity contribution in [2.45, 2.75) is 44.3 Å². The molecule has 0 aromatic heterocycles. The van der Waals surface area contributed by atoms with E-state index in [9.17, 15) is 9.59 Å². The predicted octanol–water partition coefficient (Wildman–Crippen LogP) is 1.97. The molecule has 1 unspecified atom stereocenters. The first-order chi connectivity index (χ1) is 7.61. The summed E-state index contributed by atoms with van der Waals surface area (Å²) in [6.45, 7) is 2.54. The Balaban J connectivity index is 3.54. The van der Waals surface area contributed by atoms with Crippen LogP contribution < -0.4 is 0 Å². The monoisotopic (exact) mass is 248 g/mol. The van der Waals surface area contributed by atoms with Crippen LogP contribution in [0, 0.1) is 0 Å². The van der Waals surface area contributed by atoms with E-state index in [1.54, 1.807) is 0 Å². The van der Waals surface area contributed by atoms with Crippen LogP contribution in [-0.4, -0.2) is 30.9 Å². The summed E-state index contributed by atoms with van der Waals surface area (Å²) in [5.41, 5.74) is 0. The van der Waals surface area contributed by atoms with Gasteiger partial charge in [-0.05, 0) is 6.42 Å². The molecule has 0 N–H and O–H groups in total. The molecule has 0 heterocycles. The summed E-state index contributed by atoms with van der Waals surface area (Å²) in [7, 11) is 1.27. The molecule has 5 heteroatoms. The number of methoxy groups -OCH3 is 1. The van der Waals surface area contributed by atoms with E-state index in [1.165, 1.54) is 7.11 Å². The number of rotatable bonds is 8. The van der Waals surface area contributed by atoms with Crippen molar-refractivity contribution in [3.63, 3.8) is 0 Å². The molecule has 0 fully saturated rings. The van der Waals surface area contributed by atoms with Crippen LogP contribution in [0.3, 0.4) is 0 Å². The standard InChI is InChI=1S/C11H20O4S/c1-3-4-5-6-7-15-10(12)8-9(16)11(13)14-2/h9,16H,3-8H2,1-2H3. The van der Waals surface area contributed by atoms with Crippen LogP contribution in [0.4, 0.5) is 0 Å². The Labute approximate surface area is 102 Å². The zero-order chi connectivity index (χ0) is 12.4. The number of thiol groups is 1. The fourth-order valence-corrected chi connectivity index (χ4v) is 1.41. The van der Waals surface area contributed by atoms with Gasteiger partial charge in [-0.1, -0.05) is 26.2 Å². The lowest BCUT2D eigenvalue weighted by Crippen LogP contribution is -2.21. The van der Waals surface area contributed by atoms with Crippen LogP contribution in [0.1, 0.15) is 39.0 Å². The van der Waals surface area contributed by atoms with Gasteiger partial charge in [-0.15, -0.1) is 0 Å². The van der Waals surface area contributed by atoms with Crippen LogP contribution in [0.15, 0.2) is 0 Å². The number of unbranched alkanes of at least 4 members (excludes halogenated alkanes) is 3. The third-order valence-electron chi connectivity index (χ3n) is 2.09. The molecular weight excluding hydrogens is 228 g/mol. The van der Waals surface area contributed by atoms with Gasteiger partial charge in [0, 0.05) is 0 Å². The van der Waals surface area contributed by atoms with E-state index in [1.807, 2.05) is 0 Å². The van der Waals surface area contributed by atoms with E-state index in [2.05, 4.69) is 24.3 Å². The average molecular weight is 248 g/mol. The Bertz CT molecular complexity index is 218. The first-order valence-corrected chi connectivity index (χ1v) is 6.05. The van der Waals surface area contributed by atoms with Crippen molar-refractivity contribution < 1.29 is 19.1 Å². The minimum absolute atomic E-state index is 0.0381. The number of esters is 2. The number of ether oxygens (including phenoxy) is 2. The van der Waals surface area contributed by atoms with Crippen molar-refractivity contribution in [3.8, 4) is 0 Å². The Morgan fingerprint density at radius 3 is 2.50 bits per heavy atom. The van der Waals surface area contributed by atoms with Crippen molar-refractivity contribution in [1.29, 1.82) is 0 Å². The lowest BCUT2D eigenvalue weighted by atomic mass is 10.2. The maximum absolute atomic E-state index is 11.2. The van der Waals surface area contributed by atoms with Gasteiger partial charge in [0.15, 0.2) is 0 Å². The van der Waals surface area contributed by atoms with Crippen molar-refractivity contribution in [2.24, 2.45) is 0 Å². The van der Waals surface area contributed by atoms with Crippen LogP contribution in [0.2, 0.25) is 0 Å². The van der Waals surface area contributed by atoms with Crippen LogP contribution >= 0.6 is 12.6 Å². The molecule has 94 valence electrons. The Kier molecular flexibility index (Phi) is 9.09. The minimum atomic E-state index is -0.729. The normalized spacial score (nSPS) is 11.9. The molecule has 0 saturated carbocycles. The van der Waals surface area contributed by atoms with E-state index in [0.29, 0.717) is 6.61 Å². The number of hydrogen-bond acceptors (Lipinski definition) is 5. The molecule has 1 atom stereocenters. The summed E-state index contributed by atoms with van der Waals surface area (Å²) in [5.74, 6) is -0.909. The first kappa shape index (κ1) is 15.3. The molecule has 0 amide bonds. The highest BCUT2D eigenvalue weighted by molar-refractivity contribution is 7.81. The molecule has 0 aliphatic heterocycles. The van der Waals surface area contributed by atoms with E-state index in [0.717, 1.165) is 25.7 Å². The highest BCUT2D eigenvalue weighted by Gasteiger charge is 2.18. The molecule has 0 spiro atoms. The second-order valence-electron chi connectivity index (χ2n) is 3.52. The Hall–Kier alpha value is -0.710. The van der Waals surface area contributed by atoms with Crippen molar-refractivity contribution >= 4 is 24.6 Å². The molecule has 0 aliphatic carbocycles. The zero-order valence-corrected chi connectivity index (χ0v) is 10.8. The lowest BCUT2D eigenvalue weighted by molar-refractivity contribution is -0.148. The Morgan fingerprint density at radius 2 is 1.94 bits per heavy atom. The van der Waals surface area contributed by atoms with E-state index in [4.69, 9.17) is 4.74 Å². The highest BCUT2D eigenvalue weighted by atomic mass is 32.1. The third-order valence-corrected chi connectivity index (χ3v) is 2.49. The smallest absolute Gasteiger partial charge is 0.319 e. The molecule has 0 aliphatic rings. The first-order valence-electron chi connectivity index (χ1n) is 5.53. The topological polar surface area (TPSA) is 52.6 Å². The van der Waals surface area contributed by atoms with Gasteiger partial charge in [0.2, 0.25) is 0 Å². The van der Waals surface area contributed by atoms with Gasteiger partial charge in [-0.25, -0.2) is 0 Å². The van der Waals surface area contributed by atoms with Crippen molar-refractivity contribution in [2.75, 3.05) is 13.7 Å². The van der Waals surface area contributed by atoms with Gasteiger partial charge < -0.3 is 9.47 Å². The molecule has 0 saturated heterocycles. The van der Waals surface area contributed by atoms with Crippen molar-refractivity contribution in [1.82, 2.24) is 0 Å². The maximum Gasteiger partial charge on any atom is 0.319 e. The second-order valence-corrected chi connectivity index (χ2v) is 4.15. The highest BCUT2D eigenvalue weighted by Crippen LogP contribution is 2.06. The molecule has 0 aromatic rings.